The van der Waals surface area contributed by atoms with Crippen molar-refractivity contribution in [2.45, 2.75) is 13.0 Å². The smallest absolute Gasteiger partial charge is 0.434 e. The Bertz CT molecular complexity index is 580. The molecule has 2 aromatic rings. The van der Waals surface area contributed by atoms with Crippen molar-refractivity contribution in [1.82, 2.24) is 0 Å². The quantitative estimate of drug-likeness (QED) is 0.777. The molecule has 0 aliphatic heterocycles. The van der Waals surface area contributed by atoms with E-state index in [1.54, 1.807) is 6.07 Å². The zero-order valence-corrected chi connectivity index (χ0v) is 9.25. The van der Waals surface area contributed by atoms with Crippen LogP contribution in [0.5, 0.6) is 11.5 Å². The largest absolute Gasteiger partial charge is 0.573 e. The molecule has 0 bridgehead atoms. The molecule has 7 heteroatoms. The molecule has 2 aromatic carbocycles. The molecule has 0 aliphatic rings. The van der Waals surface area contributed by atoms with E-state index in [1.807, 2.05) is 0 Å². The lowest BCUT2D eigenvalue weighted by Gasteiger charge is -2.11. The summed E-state index contributed by atoms with van der Waals surface area (Å²) in [4.78, 5) is 0. The van der Waals surface area contributed by atoms with Gasteiger partial charge in [-0.1, -0.05) is 18.2 Å². The van der Waals surface area contributed by atoms with Crippen LogP contribution in [0.3, 0.4) is 0 Å². The Morgan fingerprint density at radius 2 is 1.74 bits per heavy atom. The van der Waals surface area contributed by atoms with Gasteiger partial charge in [-0.15, -0.1) is 13.2 Å². The Kier molecular flexibility index (Phi) is 3.46. The molecule has 2 rings (SSSR count). The maximum absolute atomic E-state index is 12.2. The van der Waals surface area contributed by atoms with E-state index in [-0.39, 0.29) is 11.1 Å². The predicted molar refractivity (Wildman–Crippen MR) is 57.3 cm³/mol. The average Bonchev–Trinajstić information content (AvgIpc) is 2.27. The fraction of sp³-hybridized carbons (Fsp3) is 0.167. The SMILES string of the molecule is FC(F)Oc1cccc2ccc(OC(F)(F)F)cc12. The first-order valence-electron chi connectivity index (χ1n) is 5.08. The van der Waals surface area contributed by atoms with Crippen LogP contribution < -0.4 is 9.47 Å². The highest BCUT2D eigenvalue weighted by Gasteiger charge is 2.31. The van der Waals surface area contributed by atoms with Crippen molar-refractivity contribution in [3.63, 3.8) is 0 Å². The number of fused-ring (bicyclic) bond motifs is 1. The average molecular weight is 278 g/mol. The van der Waals surface area contributed by atoms with Crippen LogP contribution in [0, 0.1) is 0 Å². The second kappa shape index (κ2) is 4.91. The number of benzene rings is 2. The van der Waals surface area contributed by atoms with E-state index >= 15 is 0 Å². The summed E-state index contributed by atoms with van der Waals surface area (Å²) in [5, 5.41) is 0.581. The highest BCUT2D eigenvalue weighted by Crippen LogP contribution is 2.32. The summed E-state index contributed by atoms with van der Waals surface area (Å²) >= 11 is 0. The van der Waals surface area contributed by atoms with Crippen molar-refractivity contribution in [2.24, 2.45) is 0 Å². The van der Waals surface area contributed by atoms with E-state index in [9.17, 15) is 22.0 Å². The van der Waals surface area contributed by atoms with Crippen LogP contribution in [-0.2, 0) is 0 Å². The molecule has 0 aromatic heterocycles. The van der Waals surface area contributed by atoms with Gasteiger partial charge in [0.1, 0.15) is 11.5 Å². The van der Waals surface area contributed by atoms with Gasteiger partial charge in [-0.05, 0) is 23.6 Å². The molecule has 0 heterocycles. The predicted octanol–water partition coefficient (Wildman–Crippen LogP) is 4.34. The van der Waals surface area contributed by atoms with Gasteiger partial charge < -0.3 is 9.47 Å². The number of ether oxygens (including phenoxy) is 2. The summed E-state index contributed by atoms with van der Waals surface area (Å²) in [6, 6.07) is 7.69. The molecule has 0 fully saturated rings. The lowest BCUT2D eigenvalue weighted by molar-refractivity contribution is -0.274. The second-order valence-electron chi connectivity index (χ2n) is 3.57. The summed E-state index contributed by atoms with van der Waals surface area (Å²) in [5.74, 6) is -0.703. The number of alkyl halides is 5. The Morgan fingerprint density at radius 1 is 1.00 bits per heavy atom. The summed E-state index contributed by atoms with van der Waals surface area (Å²) < 4.78 is 68.6. The van der Waals surface area contributed by atoms with Crippen LogP contribution in [0.15, 0.2) is 36.4 Å². The fourth-order valence-corrected chi connectivity index (χ4v) is 1.62. The Morgan fingerprint density at radius 3 is 2.37 bits per heavy atom. The molecule has 0 N–H and O–H groups in total. The van der Waals surface area contributed by atoms with Gasteiger partial charge in [-0.3, -0.25) is 0 Å². The molecular formula is C12H7F5O2. The van der Waals surface area contributed by atoms with Crippen molar-refractivity contribution < 1.29 is 31.4 Å². The zero-order chi connectivity index (χ0) is 14.0. The lowest BCUT2D eigenvalue weighted by atomic mass is 10.1. The molecule has 19 heavy (non-hydrogen) atoms. The van der Waals surface area contributed by atoms with Crippen molar-refractivity contribution in [3.05, 3.63) is 36.4 Å². The van der Waals surface area contributed by atoms with E-state index in [0.29, 0.717) is 5.39 Å². The van der Waals surface area contributed by atoms with Gasteiger partial charge in [0.05, 0.1) is 0 Å². The summed E-state index contributed by atoms with van der Waals surface area (Å²) in [6.45, 7) is -3.06. The molecule has 0 amide bonds. The van der Waals surface area contributed by atoms with Crippen molar-refractivity contribution >= 4 is 10.8 Å². The third kappa shape index (κ3) is 3.46. The Balaban J connectivity index is 2.44. The third-order valence-electron chi connectivity index (χ3n) is 2.26. The Hall–Kier alpha value is -2.05. The summed E-state index contributed by atoms with van der Waals surface area (Å²) in [7, 11) is 0. The van der Waals surface area contributed by atoms with Crippen molar-refractivity contribution in [1.29, 1.82) is 0 Å². The zero-order valence-electron chi connectivity index (χ0n) is 9.25. The van der Waals surface area contributed by atoms with Crippen LogP contribution in [0.4, 0.5) is 22.0 Å². The van der Waals surface area contributed by atoms with Crippen molar-refractivity contribution in [3.8, 4) is 11.5 Å². The number of hydrogen-bond acceptors (Lipinski definition) is 2. The summed E-state index contributed by atoms with van der Waals surface area (Å²) in [5.41, 5.74) is 0. The van der Waals surface area contributed by atoms with E-state index in [0.717, 1.165) is 12.1 Å². The van der Waals surface area contributed by atoms with Crippen LogP contribution >= 0.6 is 0 Å². The van der Waals surface area contributed by atoms with Crippen molar-refractivity contribution in [2.75, 3.05) is 0 Å². The third-order valence-corrected chi connectivity index (χ3v) is 2.26. The van der Waals surface area contributed by atoms with Gasteiger partial charge in [0.25, 0.3) is 0 Å². The molecule has 0 saturated heterocycles. The normalized spacial score (nSPS) is 11.9. The first-order valence-corrected chi connectivity index (χ1v) is 5.08. The maximum atomic E-state index is 12.2. The first kappa shape index (κ1) is 13.4. The highest BCUT2D eigenvalue weighted by molar-refractivity contribution is 5.89. The molecule has 0 unspecified atom stereocenters. The molecule has 0 saturated carbocycles. The minimum absolute atomic E-state index is 0.115. The monoisotopic (exact) mass is 278 g/mol. The van der Waals surface area contributed by atoms with Gasteiger partial charge in [0, 0.05) is 5.39 Å². The van der Waals surface area contributed by atoms with Gasteiger partial charge in [-0.2, -0.15) is 8.78 Å². The topological polar surface area (TPSA) is 18.5 Å². The van der Waals surface area contributed by atoms with Crippen LogP contribution in [0.2, 0.25) is 0 Å². The maximum Gasteiger partial charge on any atom is 0.573 e. The first-order chi connectivity index (χ1) is 8.85. The highest BCUT2D eigenvalue weighted by atomic mass is 19.4. The lowest BCUT2D eigenvalue weighted by Crippen LogP contribution is -2.17. The fourth-order valence-electron chi connectivity index (χ4n) is 1.62. The number of halogens is 5. The van der Waals surface area contributed by atoms with E-state index < -0.39 is 18.7 Å². The van der Waals surface area contributed by atoms with Gasteiger partial charge in [0.2, 0.25) is 0 Å². The Labute approximate surface area is 104 Å². The van der Waals surface area contributed by atoms with Crippen LogP contribution in [-0.4, -0.2) is 13.0 Å². The van der Waals surface area contributed by atoms with E-state index in [1.165, 1.54) is 18.2 Å². The molecule has 0 radical (unpaired) electrons. The number of hydrogen-bond donors (Lipinski definition) is 0. The summed E-state index contributed by atoms with van der Waals surface area (Å²) in [6.07, 6.45) is -4.84. The van der Waals surface area contributed by atoms with Crippen LogP contribution in [0.1, 0.15) is 0 Å². The standard InChI is InChI=1S/C12H7F5O2/c13-11(14)18-10-3-1-2-7-4-5-8(6-9(7)10)19-12(15,16)17/h1-6,11H. The number of rotatable bonds is 3. The van der Waals surface area contributed by atoms with E-state index in [4.69, 9.17) is 0 Å². The molecule has 0 aliphatic carbocycles. The van der Waals surface area contributed by atoms with Gasteiger partial charge in [-0.25, -0.2) is 0 Å². The van der Waals surface area contributed by atoms with Gasteiger partial charge >= 0.3 is 13.0 Å². The molecule has 2 nitrogen and oxygen atoms in total. The van der Waals surface area contributed by atoms with E-state index in [2.05, 4.69) is 9.47 Å². The minimum atomic E-state index is -4.84. The molecule has 102 valence electrons. The molecule has 0 spiro atoms. The minimum Gasteiger partial charge on any atom is -0.434 e. The second-order valence-corrected chi connectivity index (χ2v) is 3.57. The van der Waals surface area contributed by atoms with Gasteiger partial charge in [0.15, 0.2) is 0 Å². The molecular weight excluding hydrogens is 271 g/mol. The molecule has 0 atom stereocenters. The van der Waals surface area contributed by atoms with Crippen LogP contribution in [0.25, 0.3) is 10.8 Å².